The lowest BCUT2D eigenvalue weighted by molar-refractivity contribution is 0.273. The van der Waals surface area contributed by atoms with Gasteiger partial charge < -0.3 is 10.4 Å². The normalized spacial score (nSPS) is 12.6. The zero-order valence-corrected chi connectivity index (χ0v) is 12.0. The molecule has 1 aromatic heterocycles. The van der Waals surface area contributed by atoms with E-state index in [1.165, 1.54) is 17.1 Å². The monoisotopic (exact) mass is 277 g/mol. The highest BCUT2D eigenvalue weighted by Crippen LogP contribution is 2.18. The van der Waals surface area contributed by atoms with E-state index in [4.69, 9.17) is 0 Å². The summed E-state index contributed by atoms with van der Waals surface area (Å²) in [7, 11) is 0. The summed E-state index contributed by atoms with van der Waals surface area (Å²) in [6.45, 7) is 4.21. The molecule has 0 aliphatic heterocycles. The van der Waals surface area contributed by atoms with E-state index in [2.05, 4.69) is 40.7 Å². The van der Waals surface area contributed by atoms with Crippen molar-refractivity contribution in [3.05, 3.63) is 41.7 Å². The fourth-order valence-corrected chi connectivity index (χ4v) is 2.55. The molecule has 2 N–H and O–H groups in total. The number of hydrogen-bond donors (Lipinski definition) is 2. The van der Waals surface area contributed by atoms with Gasteiger partial charge in [-0.2, -0.15) is 4.37 Å². The molecule has 0 amide bonds. The van der Waals surface area contributed by atoms with Gasteiger partial charge in [0, 0.05) is 17.5 Å². The van der Waals surface area contributed by atoms with Gasteiger partial charge in [-0.25, -0.2) is 4.98 Å². The van der Waals surface area contributed by atoms with E-state index in [1.807, 2.05) is 18.2 Å². The topological polar surface area (TPSA) is 58.0 Å². The molecule has 0 saturated heterocycles. The Labute approximate surface area is 117 Å². The van der Waals surface area contributed by atoms with Crippen LogP contribution in [-0.4, -0.2) is 27.1 Å². The van der Waals surface area contributed by atoms with Gasteiger partial charge in [0.1, 0.15) is 5.82 Å². The van der Waals surface area contributed by atoms with Crippen molar-refractivity contribution in [1.29, 1.82) is 0 Å². The summed E-state index contributed by atoms with van der Waals surface area (Å²) >= 11 is 1.35. The quantitative estimate of drug-likeness (QED) is 0.852. The third-order valence-electron chi connectivity index (χ3n) is 2.83. The second kappa shape index (κ2) is 6.63. The number of aromatic nitrogens is 2. The molecule has 2 aromatic rings. The summed E-state index contributed by atoms with van der Waals surface area (Å²) in [6, 6.07) is 10.1. The van der Waals surface area contributed by atoms with Gasteiger partial charge in [-0.15, -0.1) is 0 Å². The highest BCUT2D eigenvalue weighted by atomic mass is 32.1. The molecule has 0 bridgehead atoms. The second-order valence-electron chi connectivity index (χ2n) is 4.83. The molecule has 1 aromatic carbocycles. The van der Waals surface area contributed by atoms with Crippen LogP contribution in [0.25, 0.3) is 0 Å². The molecule has 0 aliphatic rings. The fourth-order valence-electron chi connectivity index (χ4n) is 1.76. The molecule has 4 nitrogen and oxygen atoms in total. The first kappa shape index (κ1) is 14.0. The lowest BCUT2D eigenvalue weighted by atomic mass is 10.1. The van der Waals surface area contributed by atoms with Crippen LogP contribution in [0, 0.1) is 0 Å². The largest absolute Gasteiger partial charge is 0.394 e. The summed E-state index contributed by atoms with van der Waals surface area (Å²) in [5.74, 6) is 1.18. The van der Waals surface area contributed by atoms with Crippen LogP contribution in [0.5, 0.6) is 0 Å². The van der Waals surface area contributed by atoms with Crippen molar-refractivity contribution in [3.8, 4) is 0 Å². The van der Waals surface area contributed by atoms with Crippen molar-refractivity contribution in [2.24, 2.45) is 0 Å². The van der Waals surface area contributed by atoms with Crippen molar-refractivity contribution in [3.63, 3.8) is 0 Å². The Morgan fingerprint density at radius 2 is 2.00 bits per heavy atom. The van der Waals surface area contributed by atoms with Crippen molar-refractivity contribution >= 4 is 16.7 Å². The first-order chi connectivity index (χ1) is 9.19. The molecule has 2 rings (SSSR count). The number of rotatable bonds is 6. The van der Waals surface area contributed by atoms with Crippen molar-refractivity contribution in [2.75, 3.05) is 11.9 Å². The molecule has 0 radical (unpaired) electrons. The molecule has 0 fully saturated rings. The molecule has 0 spiro atoms. The minimum absolute atomic E-state index is 0.0321. The summed E-state index contributed by atoms with van der Waals surface area (Å²) < 4.78 is 4.30. The highest BCUT2D eigenvalue weighted by Gasteiger charge is 2.12. The smallest absolute Gasteiger partial charge is 0.202 e. The molecule has 1 atom stereocenters. The zero-order valence-electron chi connectivity index (χ0n) is 11.2. The van der Waals surface area contributed by atoms with Crippen LogP contribution in [0.4, 0.5) is 5.13 Å². The van der Waals surface area contributed by atoms with Crippen LogP contribution in [0.3, 0.4) is 0 Å². The zero-order chi connectivity index (χ0) is 13.7. The number of nitrogens with one attached hydrogen (secondary N) is 1. The minimum atomic E-state index is -0.0321. The Morgan fingerprint density at radius 1 is 1.26 bits per heavy atom. The molecule has 0 saturated carbocycles. The van der Waals surface area contributed by atoms with E-state index in [9.17, 15) is 5.11 Å². The van der Waals surface area contributed by atoms with E-state index in [1.54, 1.807) is 0 Å². The van der Waals surface area contributed by atoms with Crippen LogP contribution in [0.1, 0.15) is 31.2 Å². The number of aliphatic hydroxyl groups excluding tert-OH is 1. The van der Waals surface area contributed by atoms with Crippen molar-refractivity contribution in [1.82, 2.24) is 9.36 Å². The van der Waals surface area contributed by atoms with E-state index < -0.39 is 0 Å². The highest BCUT2D eigenvalue weighted by molar-refractivity contribution is 7.09. The predicted molar refractivity (Wildman–Crippen MR) is 78.6 cm³/mol. The molecule has 19 heavy (non-hydrogen) atoms. The average Bonchev–Trinajstić information content (AvgIpc) is 2.88. The number of anilines is 1. The Balaban J connectivity index is 1.98. The Bertz CT molecular complexity index is 498. The van der Waals surface area contributed by atoms with Gasteiger partial charge in [-0.1, -0.05) is 44.2 Å². The molecule has 102 valence electrons. The van der Waals surface area contributed by atoms with Crippen LogP contribution < -0.4 is 5.32 Å². The van der Waals surface area contributed by atoms with E-state index in [0.717, 1.165) is 17.4 Å². The fraction of sp³-hybridized carbons (Fsp3) is 0.429. The Hall–Kier alpha value is -1.46. The van der Waals surface area contributed by atoms with Crippen LogP contribution >= 0.6 is 11.5 Å². The third kappa shape index (κ3) is 4.01. The number of benzene rings is 1. The maximum atomic E-state index is 9.46. The maximum absolute atomic E-state index is 9.46. The standard InChI is InChI=1S/C14H19N3OS/c1-10(2)13-16-14(19-17-13)15-12(9-18)8-11-6-4-3-5-7-11/h3-7,10,12,18H,8-9H2,1-2H3,(H,15,16,17). The lowest BCUT2D eigenvalue weighted by Crippen LogP contribution is -2.26. The molecular weight excluding hydrogens is 258 g/mol. The van der Waals surface area contributed by atoms with Gasteiger partial charge in [-0.3, -0.25) is 0 Å². The predicted octanol–water partition coefficient (Wildman–Crippen LogP) is 2.68. The van der Waals surface area contributed by atoms with Gasteiger partial charge in [0.15, 0.2) is 0 Å². The van der Waals surface area contributed by atoms with E-state index in [0.29, 0.717) is 5.92 Å². The average molecular weight is 277 g/mol. The molecule has 1 heterocycles. The van der Waals surface area contributed by atoms with Crippen molar-refractivity contribution in [2.45, 2.75) is 32.2 Å². The van der Waals surface area contributed by atoms with Crippen LogP contribution in [-0.2, 0) is 6.42 Å². The number of hydrogen-bond acceptors (Lipinski definition) is 5. The Kier molecular flexibility index (Phi) is 4.87. The maximum Gasteiger partial charge on any atom is 0.202 e. The first-order valence-corrected chi connectivity index (χ1v) is 7.21. The molecule has 5 heteroatoms. The van der Waals surface area contributed by atoms with Gasteiger partial charge in [0.25, 0.3) is 0 Å². The number of aliphatic hydroxyl groups is 1. The lowest BCUT2D eigenvalue weighted by Gasteiger charge is -2.15. The van der Waals surface area contributed by atoms with Gasteiger partial charge in [-0.05, 0) is 12.0 Å². The van der Waals surface area contributed by atoms with E-state index in [-0.39, 0.29) is 12.6 Å². The van der Waals surface area contributed by atoms with Crippen LogP contribution in [0.15, 0.2) is 30.3 Å². The van der Waals surface area contributed by atoms with Crippen LogP contribution in [0.2, 0.25) is 0 Å². The first-order valence-electron chi connectivity index (χ1n) is 6.44. The summed E-state index contributed by atoms with van der Waals surface area (Å²) in [5, 5.41) is 13.5. The van der Waals surface area contributed by atoms with E-state index >= 15 is 0 Å². The molecule has 0 aliphatic carbocycles. The van der Waals surface area contributed by atoms with Gasteiger partial charge in [0.05, 0.1) is 12.6 Å². The summed E-state index contributed by atoms with van der Waals surface area (Å²) in [4.78, 5) is 4.42. The molecule has 1 unspecified atom stereocenters. The van der Waals surface area contributed by atoms with Crippen molar-refractivity contribution < 1.29 is 5.11 Å². The van der Waals surface area contributed by atoms with Gasteiger partial charge in [0.2, 0.25) is 5.13 Å². The summed E-state index contributed by atoms with van der Waals surface area (Å²) in [5.41, 5.74) is 1.20. The van der Waals surface area contributed by atoms with Gasteiger partial charge >= 0.3 is 0 Å². The molecular formula is C14H19N3OS. The Morgan fingerprint density at radius 3 is 2.58 bits per heavy atom. The number of nitrogens with zero attached hydrogens (tertiary/aromatic N) is 2. The second-order valence-corrected chi connectivity index (χ2v) is 5.58. The SMILES string of the molecule is CC(C)c1nsc(NC(CO)Cc2ccccc2)n1. The minimum Gasteiger partial charge on any atom is -0.394 e. The third-order valence-corrected chi connectivity index (χ3v) is 3.49. The summed E-state index contributed by atoms with van der Waals surface area (Å²) in [6.07, 6.45) is 0.772.